The van der Waals surface area contributed by atoms with E-state index < -0.39 is 0 Å². The largest absolute Gasteiger partial charge is 0.439 e. The normalized spacial score (nSPS) is 11.6. The summed E-state index contributed by atoms with van der Waals surface area (Å²) in [6.45, 7) is 6.38. The summed E-state index contributed by atoms with van der Waals surface area (Å²) >= 11 is 0. The lowest BCUT2D eigenvalue weighted by Gasteiger charge is -2.19. The van der Waals surface area contributed by atoms with Gasteiger partial charge >= 0.3 is 0 Å². The first-order valence-electron chi connectivity index (χ1n) is 9.40. The second-order valence-electron chi connectivity index (χ2n) is 7.80. The Morgan fingerprint density at radius 3 is 2.73 bits per heavy atom. The summed E-state index contributed by atoms with van der Waals surface area (Å²) in [5.41, 5.74) is 0.815. The maximum absolute atomic E-state index is 13.2. The van der Waals surface area contributed by atoms with E-state index in [9.17, 15) is 9.18 Å². The number of H-pyrrole nitrogens is 1. The smallest absolute Gasteiger partial charge is 0.263 e. The second-order valence-corrected chi connectivity index (χ2v) is 7.80. The van der Waals surface area contributed by atoms with Crippen LogP contribution in [0.1, 0.15) is 26.3 Å². The number of fused-ring (bicyclic) bond motifs is 1. The fourth-order valence-electron chi connectivity index (χ4n) is 2.91. The molecule has 0 fully saturated rings. The Balaban J connectivity index is 1.48. The lowest BCUT2D eigenvalue weighted by molar-refractivity contribution is 0.366. The highest BCUT2D eigenvalue weighted by molar-refractivity contribution is 5.74. The molecule has 0 radical (unpaired) electrons. The van der Waals surface area contributed by atoms with Crippen molar-refractivity contribution in [2.24, 2.45) is 0 Å². The monoisotopic (exact) mass is 408 g/mol. The Bertz CT molecular complexity index is 1240. The van der Waals surface area contributed by atoms with E-state index >= 15 is 0 Å². The number of pyridine rings is 1. The highest BCUT2D eigenvalue weighted by Gasteiger charge is 2.19. The molecule has 8 nitrogen and oxygen atoms in total. The van der Waals surface area contributed by atoms with Crippen LogP contribution in [-0.4, -0.2) is 24.7 Å². The molecule has 0 aliphatic heterocycles. The van der Waals surface area contributed by atoms with Crippen LogP contribution in [0.3, 0.4) is 0 Å². The molecular formula is C21H21FN6O2. The summed E-state index contributed by atoms with van der Waals surface area (Å²) in [7, 11) is 0. The highest BCUT2D eigenvalue weighted by atomic mass is 19.1. The van der Waals surface area contributed by atoms with E-state index in [1.54, 1.807) is 29.1 Å². The van der Waals surface area contributed by atoms with Crippen molar-refractivity contribution in [1.29, 1.82) is 0 Å². The minimum Gasteiger partial charge on any atom is -0.439 e. The number of halogens is 1. The summed E-state index contributed by atoms with van der Waals surface area (Å²) in [5, 5.41) is 7.84. The van der Waals surface area contributed by atoms with Crippen LogP contribution in [0.5, 0.6) is 11.6 Å². The lowest BCUT2D eigenvalue weighted by Crippen LogP contribution is -2.24. The lowest BCUT2D eigenvalue weighted by atomic mass is 10.1. The number of nitrogens with one attached hydrogen (secondary N) is 2. The van der Waals surface area contributed by atoms with Crippen LogP contribution < -0.4 is 15.6 Å². The molecular weight excluding hydrogens is 387 g/mol. The molecule has 2 N–H and O–H groups in total. The van der Waals surface area contributed by atoms with Crippen LogP contribution in [0.4, 0.5) is 10.3 Å². The SMILES string of the molecule is CC(C)(C)n1ncc2c(=O)[nH]c(NCc3ccc(Oc4cccc(F)c4)nc3)nc21. The van der Waals surface area contributed by atoms with Crippen LogP contribution in [0.2, 0.25) is 0 Å². The summed E-state index contributed by atoms with van der Waals surface area (Å²) in [6.07, 6.45) is 3.16. The zero-order valence-electron chi connectivity index (χ0n) is 16.8. The molecule has 3 aromatic heterocycles. The number of benzene rings is 1. The third-order valence-electron chi connectivity index (χ3n) is 4.35. The van der Waals surface area contributed by atoms with E-state index in [2.05, 4.69) is 25.4 Å². The van der Waals surface area contributed by atoms with E-state index in [0.717, 1.165) is 5.56 Å². The van der Waals surface area contributed by atoms with Crippen molar-refractivity contribution >= 4 is 17.0 Å². The molecule has 4 rings (SSSR count). The van der Waals surface area contributed by atoms with Gasteiger partial charge in [-0.3, -0.25) is 9.78 Å². The number of aromatic amines is 1. The first-order chi connectivity index (χ1) is 14.3. The summed E-state index contributed by atoms with van der Waals surface area (Å²) in [4.78, 5) is 23.8. The molecule has 0 atom stereocenters. The van der Waals surface area contributed by atoms with E-state index in [1.807, 2.05) is 26.8 Å². The van der Waals surface area contributed by atoms with Crippen LogP contribution in [-0.2, 0) is 12.1 Å². The van der Waals surface area contributed by atoms with Gasteiger partial charge in [-0.05, 0) is 38.5 Å². The van der Waals surface area contributed by atoms with Gasteiger partial charge in [0, 0.05) is 24.9 Å². The predicted octanol–water partition coefficient (Wildman–Crippen LogP) is 3.81. The second kappa shape index (κ2) is 7.58. The fraction of sp³-hybridized carbons (Fsp3) is 0.238. The van der Waals surface area contributed by atoms with Crippen LogP contribution in [0, 0.1) is 5.82 Å². The average Bonchev–Trinajstić information content (AvgIpc) is 3.13. The first-order valence-corrected chi connectivity index (χ1v) is 9.40. The predicted molar refractivity (Wildman–Crippen MR) is 111 cm³/mol. The Hall–Kier alpha value is -3.75. The minimum atomic E-state index is -0.375. The summed E-state index contributed by atoms with van der Waals surface area (Å²) < 4.78 is 20.5. The average molecular weight is 408 g/mol. The molecule has 0 unspecified atom stereocenters. The Kier molecular flexibility index (Phi) is 4.94. The van der Waals surface area contributed by atoms with Crippen molar-refractivity contribution in [1.82, 2.24) is 24.7 Å². The maximum Gasteiger partial charge on any atom is 0.263 e. The van der Waals surface area contributed by atoms with Crippen LogP contribution in [0.15, 0.2) is 53.6 Å². The van der Waals surface area contributed by atoms with Gasteiger partial charge < -0.3 is 10.1 Å². The van der Waals surface area contributed by atoms with Gasteiger partial charge in [-0.15, -0.1) is 0 Å². The van der Waals surface area contributed by atoms with Gasteiger partial charge in [-0.1, -0.05) is 12.1 Å². The van der Waals surface area contributed by atoms with Gasteiger partial charge in [0.15, 0.2) is 5.65 Å². The zero-order chi connectivity index (χ0) is 21.3. The highest BCUT2D eigenvalue weighted by Crippen LogP contribution is 2.21. The van der Waals surface area contributed by atoms with Gasteiger partial charge in [0.2, 0.25) is 11.8 Å². The van der Waals surface area contributed by atoms with Crippen molar-refractivity contribution in [2.45, 2.75) is 32.9 Å². The Morgan fingerprint density at radius 1 is 1.20 bits per heavy atom. The third kappa shape index (κ3) is 4.14. The molecule has 0 saturated carbocycles. The molecule has 0 aliphatic carbocycles. The zero-order valence-corrected chi connectivity index (χ0v) is 16.8. The number of hydrogen-bond donors (Lipinski definition) is 2. The molecule has 4 aromatic rings. The number of nitrogens with zero attached hydrogens (tertiary/aromatic N) is 4. The Labute approximate surface area is 171 Å². The molecule has 3 heterocycles. The van der Waals surface area contributed by atoms with E-state index in [0.29, 0.717) is 35.2 Å². The molecule has 1 aromatic carbocycles. The molecule has 0 bridgehead atoms. The summed E-state index contributed by atoms with van der Waals surface area (Å²) in [5.74, 6) is 0.698. The first kappa shape index (κ1) is 19.6. The topological polar surface area (TPSA) is 97.7 Å². The molecule has 154 valence electrons. The van der Waals surface area contributed by atoms with Crippen molar-refractivity contribution in [3.8, 4) is 11.6 Å². The molecule has 9 heteroatoms. The van der Waals surface area contributed by atoms with E-state index in [-0.39, 0.29) is 16.9 Å². The van der Waals surface area contributed by atoms with E-state index in [4.69, 9.17) is 4.74 Å². The molecule has 30 heavy (non-hydrogen) atoms. The Morgan fingerprint density at radius 2 is 2.03 bits per heavy atom. The molecule has 0 aliphatic rings. The van der Waals surface area contributed by atoms with Gasteiger partial charge in [0.1, 0.15) is 17.0 Å². The van der Waals surface area contributed by atoms with Gasteiger partial charge in [0.25, 0.3) is 5.56 Å². The van der Waals surface area contributed by atoms with Crippen molar-refractivity contribution in [3.05, 3.63) is 70.5 Å². The van der Waals surface area contributed by atoms with Gasteiger partial charge in [-0.2, -0.15) is 10.1 Å². The number of rotatable bonds is 5. The van der Waals surface area contributed by atoms with Crippen LogP contribution in [0.25, 0.3) is 11.0 Å². The van der Waals surface area contributed by atoms with Crippen molar-refractivity contribution in [2.75, 3.05) is 5.32 Å². The van der Waals surface area contributed by atoms with Gasteiger partial charge in [0.05, 0.1) is 11.7 Å². The maximum atomic E-state index is 13.2. The minimum absolute atomic E-state index is 0.255. The fourth-order valence-corrected chi connectivity index (χ4v) is 2.91. The standard InChI is InChI=1S/C21H21FN6O2/c1-21(2,3)28-18-16(12-25-28)19(29)27-20(26-18)24-11-13-7-8-17(23-10-13)30-15-6-4-5-14(22)9-15/h4-10,12H,11H2,1-3H3,(H2,24,26,27,29). The third-order valence-corrected chi connectivity index (χ3v) is 4.35. The number of ether oxygens (including phenoxy) is 1. The molecule has 0 amide bonds. The van der Waals surface area contributed by atoms with Crippen molar-refractivity contribution < 1.29 is 9.13 Å². The number of anilines is 1. The quantitative estimate of drug-likeness (QED) is 0.521. The summed E-state index contributed by atoms with van der Waals surface area (Å²) in [6, 6.07) is 9.37. The molecule has 0 spiro atoms. The van der Waals surface area contributed by atoms with E-state index in [1.165, 1.54) is 18.3 Å². The van der Waals surface area contributed by atoms with Crippen molar-refractivity contribution in [3.63, 3.8) is 0 Å². The number of hydrogen-bond acceptors (Lipinski definition) is 6. The molecule has 0 saturated heterocycles. The van der Waals surface area contributed by atoms with Gasteiger partial charge in [-0.25, -0.2) is 14.1 Å². The number of aromatic nitrogens is 5. The van der Waals surface area contributed by atoms with Crippen LogP contribution >= 0.6 is 0 Å².